The van der Waals surface area contributed by atoms with Crippen LogP contribution in [-0.4, -0.2) is 58.3 Å². The standard InChI is InChI=1S/C4H11N3O2.C4H10N2O2/c1-5-4(8)7-6-3-9-2;1-5-4(8)6-2-3-7/h6H,3H2,1-2H3,(H2,5,7,8);7H,2-3H2,1H3,(H2,5,6,8). The monoisotopic (exact) mass is 251 g/mol. The highest BCUT2D eigenvalue weighted by Gasteiger charge is 1.90. The summed E-state index contributed by atoms with van der Waals surface area (Å²) < 4.78 is 4.58. The summed E-state index contributed by atoms with van der Waals surface area (Å²) in [7, 11) is 4.58. The molecular formula is C8H21N5O4. The summed E-state index contributed by atoms with van der Waals surface area (Å²) >= 11 is 0. The predicted molar refractivity (Wildman–Crippen MR) is 62.1 cm³/mol. The van der Waals surface area contributed by atoms with Gasteiger partial charge >= 0.3 is 12.1 Å². The number of carbonyl (C=O) groups is 2. The van der Waals surface area contributed by atoms with Crippen LogP contribution in [0.15, 0.2) is 0 Å². The molecule has 0 radical (unpaired) electrons. The second-order valence-corrected chi connectivity index (χ2v) is 2.54. The number of carbonyl (C=O) groups excluding carboxylic acids is 2. The van der Waals surface area contributed by atoms with Crippen molar-refractivity contribution in [1.82, 2.24) is 26.8 Å². The Morgan fingerprint density at radius 2 is 1.76 bits per heavy atom. The van der Waals surface area contributed by atoms with E-state index in [0.717, 1.165) is 0 Å². The van der Waals surface area contributed by atoms with Gasteiger partial charge in [0, 0.05) is 27.7 Å². The van der Waals surface area contributed by atoms with Crippen molar-refractivity contribution in [1.29, 1.82) is 0 Å². The number of nitrogens with one attached hydrogen (secondary N) is 5. The van der Waals surface area contributed by atoms with Gasteiger partial charge in [0.25, 0.3) is 0 Å². The highest BCUT2D eigenvalue weighted by Crippen LogP contribution is 1.58. The Hall–Kier alpha value is -1.58. The number of hydrazine groups is 1. The molecule has 0 saturated carbocycles. The Kier molecular flexibility index (Phi) is 15.1. The number of hydrogen-bond donors (Lipinski definition) is 6. The zero-order valence-electron chi connectivity index (χ0n) is 10.3. The number of urea groups is 2. The van der Waals surface area contributed by atoms with Gasteiger partial charge in [0.15, 0.2) is 0 Å². The van der Waals surface area contributed by atoms with Crippen LogP contribution in [-0.2, 0) is 4.74 Å². The maximum absolute atomic E-state index is 10.3. The molecule has 0 aliphatic carbocycles. The van der Waals surface area contributed by atoms with Gasteiger partial charge in [-0.25, -0.2) is 15.0 Å². The van der Waals surface area contributed by atoms with E-state index >= 15 is 0 Å². The van der Waals surface area contributed by atoms with E-state index in [1.54, 1.807) is 0 Å². The summed E-state index contributed by atoms with van der Waals surface area (Å²) in [5.41, 5.74) is 4.81. The van der Waals surface area contributed by atoms with Crippen molar-refractivity contribution in [3.05, 3.63) is 0 Å². The Labute approximate surface area is 100 Å². The number of hydrogen-bond acceptors (Lipinski definition) is 5. The fourth-order valence-corrected chi connectivity index (χ4v) is 0.509. The largest absolute Gasteiger partial charge is 0.395 e. The molecule has 0 spiro atoms. The normalized spacial score (nSPS) is 8.47. The van der Waals surface area contributed by atoms with Crippen LogP contribution in [0.4, 0.5) is 9.59 Å². The summed E-state index contributed by atoms with van der Waals surface area (Å²) in [4.78, 5) is 20.6. The van der Waals surface area contributed by atoms with Crippen LogP contribution >= 0.6 is 0 Å². The molecule has 0 aliphatic heterocycles. The molecule has 102 valence electrons. The van der Waals surface area contributed by atoms with Gasteiger partial charge in [-0.05, 0) is 0 Å². The number of methoxy groups -OCH3 is 1. The topological polar surface area (TPSA) is 124 Å². The van der Waals surface area contributed by atoms with E-state index in [0.29, 0.717) is 13.3 Å². The van der Waals surface area contributed by atoms with Gasteiger partial charge in [0.1, 0.15) is 6.73 Å². The zero-order chi connectivity index (χ0) is 13.5. The van der Waals surface area contributed by atoms with Crippen molar-refractivity contribution < 1.29 is 19.4 Å². The molecule has 6 N–H and O–H groups in total. The molecule has 0 bridgehead atoms. The summed E-state index contributed by atoms with van der Waals surface area (Å²) in [5, 5.41) is 15.2. The van der Waals surface area contributed by atoms with Crippen LogP contribution in [0.25, 0.3) is 0 Å². The van der Waals surface area contributed by atoms with Crippen molar-refractivity contribution in [3.8, 4) is 0 Å². The molecule has 0 saturated heterocycles. The molecule has 0 aromatic carbocycles. The molecule has 0 fully saturated rings. The zero-order valence-corrected chi connectivity index (χ0v) is 10.3. The molecule has 4 amide bonds. The maximum atomic E-state index is 10.3. The minimum absolute atomic E-state index is 0.0204. The van der Waals surface area contributed by atoms with E-state index < -0.39 is 0 Å². The highest BCUT2D eigenvalue weighted by molar-refractivity contribution is 5.73. The second kappa shape index (κ2) is 14.4. The Morgan fingerprint density at radius 3 is 2.18 bits per heavy atom. The predicted octanol–water partition coefficient (Wildman–Crippen LogP) is -2.07. The Morgan fingerprint density at radius 1 is 1.18 bits per heavy atom. The van der Waals surface area contributed by atoms with Crippen LogP contribution < -0.4 is 26.8 Å². The van der Waals surface area contributed by atoms with Gasteiger partial charge in [-0.2, -0.15) is 0 Å². The van der Waals surface area contributed by atoms with Crippen LogP contribution in [0, 0.1) is 0 Å². The molecule has 0 aliphatic rings. The van der Waals surface area contributed by atoms with Gasteiger partial charge in [0.2, 0.25) is 0 Å². The summed E-state index contributed by atoms with van der Waals surface area (Å²) in [6.07, 6.45) is 0. The minimum atomic E-state index is -0.285. The van der Waals surface area contributed by atoms with Crippen molar-refractivity contribution in [2.75, 3.05) is 41.1 Å². The molecule has 0 heterocycles. The lowest BCUT2D eigenvalue weighted by Gasteiger charge is -2.03. The molecule has 0 rings (SSSR count). The average molecular weight is 251 g/mol. The van der Waals surface area contributed by atoms with Gasteiger partial charge < -0.3 is 25.8 Å². The number of aliphatic hydroxyl groups excluding tert-OH is 1. The first-order valence-corrected chi connectivity index (χ1v) is 4.88. The third kappa shape index (κ3) is 17.1. The fourth-order valence-electron chi connectivity index (χ4n) is 0.509. The molecule has 17 heavy (non-hydrogen) atoms. The van der Waals surface area contributed by atoms with Gasteiger partial charge in [-0.1, -0.05) is 0 Å². The number of rotatable bonds is 5. The molecule has 9 nitrogen and oxygen atoms in total. The quantitative estimate of drug-likeness (QED) is 0.190. The highest BCUT2D eigenvalue weighted by atomic mass is 16.5. The van der Waals surface area contributed by atoms with E-state index in [9.17, 15) is 9.59 Å². The lowest BCUT2D eigenvalue weighted by Crippen LogP contribution is -2.43. The number of ether oxygens (including phenoxy) is 1. The molecule has 0 unspecified atom stereocenters. The molecule has 0 aromatic rings. The SMILES string of the molecule is CNC(=O)NCCO.CNC(=O)NNCOC. The third-order valence-electron chi connectivity index (χ3n) is 1.27. The van der Waals surface area contributed by atoms with E-state index in [-0.39, 0.29) is 18.7 Å². The van der Waals surface area contributed by atoms with E-state index in [2.05, 4.69) is 31.5 Å². The first-order valence-electron chi connectivity index (χ1n) is 4.88. The molecular weight excluding hydrogens is 230 g/mol. The van der Waals surface area contributed by atoms with E-state index in [1.165, 1.54) is 21.2 Å². The smallest absolute Gasteiger partial charge is 0.328 e. The van der Waals surface area contributed by atoms with Crippen LogP contribution in [0.5, 0.6) is 0 Å². The minimum Gasteiger partial charge on any atom is -0.395 e. The second-order valence-electron chi connectivity index (χ2n) is 2.54. The summed E-state index contributed by atoms with van der Waals surface area (Å²) in [6.45, 7) is 0.584. The van der Waals surface area contributed by atoms with E-state index in [4.69, 9.17) is 5.11 Å². The van der Waals surface area contributed by atoms with Gasteiger partial charge in [-0.3, -0.25) is 5.43 Å². The van der Waals surface area contributed by atoms with Gasteiger partial charge in [-0.15, -0.1) is 0 Å². The van der Waals surface area contributed by atoms with Crippen molar-refractivity contribution in [3.63, 3.8) is 0 Å². The van der Waals surface area contributed by atoms with Crippen LogP contribution in [0.3, 0.4) is 0 Å². The lowest BCUT2D eigenvalue weighted by molar-refractivity contribution is 0.161. The number of aliphatic hydroxyl groups is 1. The first-order chi connectivity index (χ1) is 8.12. The van der Waals surface area contributed by atoms with Crippen LogP contribution in [0.2, 0.25) is 0 Å². The van der Waals surface area contributed by atoms with Gasteiger partial charge in [0.05, 0.1) is 6.61 Å². The number of amides is 4. The molecule has 0 atom stereocenters. The van der Waals surface area contributed by atoms with Crippen molar-refractivity contribution in [2.24, 2.45) is 0 Å². The Balaban J connectivity index is 0. The average Bonchev–Trinajstić information content (AvgIpc) is 2.36. The maximum Gasteiger partial charge on any atom is 0.328 e. The summed E-state index contributed by atoms with van der Waals surface area (Å²) in [6, 6.07) is -0.550. The fraction of sp³-hybridized carbons (Fsp3) is 0.750. The molecule has 9 heteroatoms. The lowest BCUT2D eigenvalue weighted by atomic mass is 10.7. The van der Waals surface area contributed by atoms with E-state index in [1.807, 2.05) is 0 Å². The summed E-state index contributed by atoms with van der Waals surface area (Å²) in [5.74, 6) is 0. The Bertz CT molecular complexity index is 202. The van der Waals surface area contributed by atoms with Crippen molar-refractivity contribution >= 4 is 12.1 Å². The van der Waals surface area contributed by atoms with Crippen molar-refractivity contribution in [2.45, 2.75) is 0 Å². The third-order valence-corrected chi connectivity index (χ3v) is 1.27. The molecule has 0 aromatic heterocycles. The first kappa shape index (κ1) is 17.8. The van der Waals surface area contributed by atoms with Crippen LogP contribution in [0.1, 0.15) is 0 Å².